The molecule has 0 radical (unpaired) electrons. The summed E-state index contributed by atoms with van der Waals surface area (Å²) in [5, 5.41) is 0. The van der Waals surface area contributed by atoms with Crippen LogP contribution in [0.5, 0.6) is 11.5 Å². The first-order valence-corrected chi connectivity index (χ1v) is 6.10. The van der Waals surface area contributed by atoms with E-state index in [0.29, 0.717) is 17.9 Å². The first kappa shape index (κ1) is 16.6. The van der Waals surface area contributed by atoms with Gasteiger partial charge < -0.3 is 19.9 Å². The lowest BCUT2D eigenvalue weighted by Gasteiger charge is -2.12. The summed E-state index contributed by atoms with van der Waals surface area (Å²) in [6.45, 7) is -0.689. The van der Waals surface area contributed by atoms with E-state index in [0.717, 1.165) is 5.56 Å². The number of rotatable bonds is 8. The van der Waals surface area contributed by atoms with Crippen molar-refractivity contribution in [3.8, 4) is 11.5 Å². The van der Waals surface area contributed by atoms with E-state index in [2.05, 4.69) is 4.74 Å². The third kappa shape index (κ3) is 6.12. The summed E-state index contributed by atoms with van der Waals surface area (Å²) >= 11 is 0. The van der Waals surface area contributed by atoms with Crippen LogP contribution < -0.4 is 15.2 Å². The predicted molar refractivity (Wildman–Crippen MR) is 67.9 cm³/mol. The van der Waals surface area contributed by atoms with Crippen LogP contribution in [0.15, 0.2) is 18.2 Å². The van der Waals surface area contributed by atoms with Gasteiger partial charge in [0.15, 0.2) is 0 Å². The molecule has 0 saturated carbocycles. The second kappa shape index (κ2) is 7.96. The highest BCUT2D eigenvalue weighted by Crippen LogP contribution is 2.23. The molecule has 0 amide bonds. The average Bonchev–Trinajstić information content (AvgIpc) is 2.41. The maximum absolute atomic E-state index is 11.8. The summed E-state index contributed by atoms with van der Waals surface area (Å²) < 4.78 is 50.5. The van der Waals surface area contributed by atoms with E-state index in [-0.39, 0.29) is 19.8 Å². The van der Waals surface area contributed by atoms with Crippen LogP contribution in [0.25, 0.3) is 0 Å². The molecule has 1 aromatic rings. The van der Waals surface area contributed by atoms with Crippen molar-refractivity contribution in [2.75, 3.05) is 26.9 Å². The molecule has 2 N–H and O–H groups in total. The fraction of sp³-hybridized carbons (Fsp3) is 0.538. The average molecular weight is 293 g/mol. The first-order chi connectivity index (χ1) is 9.46. The molecule has 0 spiro atoms. The Morgan fingerprint density at radius 1 is 1.20 bits per heavy atom. The normalized spacial score (nSPS) is 11.4. The standard InChI is InChI=1S/C13H18F3NO3/c1-18-11-3-4-12(10(7-11)8-17)20-6-2-5-19-9-13(14,15)16/h3-4,7H,2,5-6,8-9,17H2,1H3. The Labute approximate surface area is 115 Å². The summed E-state index contributed by atoms with van der Waals surface area (Å²) in [4.78, 5) is 0. The Kier molecular flexibility index (Phi) is 6.60. The van der Waals surface area contributed by atoms with Gasteiger partial charge in [0, 0.05) is 18.5 Å². The summed E-state index contributed by atoms with van der Waals surface area (Å²) in [5.41, 5.74) is 6.37. The van der Waals surface area contributed by atoms with Gasteiger partial charge in [0.05, 0.1) is 20.3 Å². The topological polar surface area (TPSA) is 53.7 Å². The van der Waals surface area contributed by atoms with Crippen LogP contribution in [0, 0.1) is 0 Å². The van der Waals surface area contributed by atoms with Crippen LogP contribution in [-0.2, 0) is 11.3 Å². The highest BCUT2D eigenvalue weighted by atomic mass is 19.4. The Balaban J connectivity index is 2.31. The van der Waals surface area contributed by atoms with Crippen molar-refractivity contribution >= 4 is 0 Å². The van der Waals surface area contributed by atoms with Gasteiger partial charge in [-0.2, -0.15) is 13.2 Å². The maximum Gasteiger partial charge on any atom is 0.411 e. The molecule has 0 fully saturated rings. The molecule has 0 aromatic heterocycles. The third-order valence-electron chi connectivity index (χ3n) is 2.44. The molecule has 0 heterocycles. The molecule has 0 aliphatic rings. The van der Waals surface area contributed by atoms with Crippen molar-refractivity contribution < 1.29 is 27.4 Å². The number of hydrogen-bond donors (Lipinski definition) is 1. The van der Waals surface area contributed by atoms with Crippen molar-refractivity contribution in [3.63, 3.8) is 0 Å². The Morgan fingerprint density at radius 3 is 2.55 bits per heavy atom. The summed E-state index contributed by atoms with van der Waals surface area (Å²) in [5.74, 6) is 1.27. The number of hydrogen-bond acceptors (Lipinski definition) is 4. The Hall–Kier alpha value is -1.47. The minimum Gasteiger partial charge on any atom is -0.497 e. The fourth-order valence-electron chi connectivity index (χ4n) is 1.51. The first-order valence-electron chi connectivity index (χ1n) is 6.10. The molecule has 0 atom stereocenters. The molecule has 4 nitrogen and oxygen atoms in total. The van der Waals surface area contributed by atoms with E-state index >= 15 is 0 Å². The van der Waals surface area contributed by atoms with Crippen LogP contribution in [0.1, 0.15) is 12.0 Å². The number of methoxy groups -OCH3 is 1. The van der Waals surface area contributed by atoms with Gasteiger partial charge in [-0.25, -0.2) is 0 Å². The van der Waals surface area contributed by atoms with Gasteiger partial charge in [0.1, 0.15) is 18.1 Å². The Morgan fingerprint density at radius 2 is 1.95 bits per heavy atom. The Bertz CT molecular complexity index is 410. The molecule has 0 aliphatic heterocycles. The van der Waals surface area contributed by atoms with Crippen molar-refractivity contribution in [2.45, 2.75) is 19.1 Å². The van der Waals surface area contributed by atoms with E-state index in [9.17, 15) is 13.2 Å². The van der Waals surface area contributed by atoms with Crippen molar-refractivity contribution in [1.82, 2.24) is 0 Å². The highest BCUT2D eigenvalue weighted by molar-refractivity contribution is 5.40. The van der Waals surface area contributed by atoms with Gasteiger partial charge in [-0.3, -0.25) is 0 Å². The zero-order valence-electron chi connectivity index (χ0n) is 11.2. The van der Waals surface area contributed by atoms with Gasteiger partial charge in [0.2, 0.25) is 0 Å². The van der Waals surface area contributed by atoms with Gasteiger partial charge >= 0.3 is 6.18 Å². The lowest BCUT2D eigenvalue weighted by atomic mass is 10.2. The smallest absolute Gasteiger partial charge is 0.411 e. The second-order valence-electron chi connectivity index (χ2n) is 4.05. The van der Waals surface area contributed by atoms with Gasteiger partial charge in [-0.05, 0) is 18.2 Å². The number of ether oxygens (including phenoxy) is 3. The second-order valence-corrected chi connectivity index (χ2v) is 4.05. The molecule has 0 saturated heterocycles. The van der Waals surface area contributed by atoms with Gasteiger partial charge in [0.25, 0.3) is 0 Å². The number of benzene rings is 1. The van der Waals surface area contributed by atoms with E-state index in [4.69, 9.17) is 15.2 Å². The SMILES string of the molecule is COc1ccc(OCCCOCC(F)(F)F)c(CN)c1. The summed E-state index contributed by atoms with van der Waals surface area (Å²) in [7, 11) is 1.55. The fourth-order valence-corrected chi connectivity index (χ4v) is 1.51. The highest BCUT2D eigenvalue weighted by Gasteiger charge is 2.27. The van der Waals surface area contributed by atoms with Gasteiger partial charge in [-0.15, -0.1) is 0 Å². The van der Waals surface area contributed by atoms with E-state index in [1.165, 1.54) is 0 Å². The number of nitrogens with two attached hydrogens (primary N) is 1. The molecule has 1 aromatic carbocycles. The van der Waals surface area contributed by atoms with E-state index in [1.807, 2.05) is 0 Å². The molecular formula is C13H18F3NO3. The van der Waals surface area contributed by atoms with Crippen LogP contribution >= 0.6 is 0 Å². The lowest BCUT2D eigenvalue weighted by Crippen LogP contribution is -2.18. The van der Waals surface area contributed by atoms with Crippen LogP contribution in [-0.4, -0.2) is 33.1 Å². The summed E-state index contributed by atoms with van der Waals surface area (Å²) in [6.07, 6.45) is -3.92. The quantitative estimate of drug-likeness (QED) is 0.748. The minimum absolute atomic E-state index is 0.00633. The molecule has 20 heavy (non-hydrogen) atoms. The monoisotopic (exact) mass is 293 g/mol. The van der Waals surface area contributed by atoms with Crippen molar-refractivity contribution in [3.05, 3.63) is 23.8 Å². The molecule has 0 aliphatic carbocycles. The van der Waals surface area contributed by atoms with Gasteiger partial charge in [-0.1, -0.05) is 0 Å². The van der Waals surface area contributed by atoms with E-state index < -0.39 is 12.8 Å². The lowest BCUT2D eigenvalue weighted by molar-refractivity contribution is -0.174. The summed E-state index contributed by atoms with van der Waals surface area (Å²) in [6, 6.07) is 5.21. The van der Waals surface area contributed by atoms with Crippen LogP contribution in [0.3, 0.4) is 0 Å². The molecule has 114 valence electrons. The predicted octanol–water partition coefficient (Wildman–Crippen LogP) is 2.50. The zero-order valence-corrected chi connectivity index (χ0v) is 11.2. The molecule has 7 heteroatoms. The molecular weight excluding hydrogens is 275 g/mol. The molecule has 0 bridgehead atoms. The largest absolute Gasteiger partial charge is 0.497 e. The third-order valence-corrected chi connectivity index (χ3v) is 2.44. The number of halogens is 3. The van der Waals surface area contributed by atoms with Crippen molar-refractivity contribution in [1.29, 1.82) is 0 Å². The molecule has 1 rings (SSSR count). The number of alkyl halides is 3. The maximum atomic E-state index is 11.8. The zero-order chi connectivity index (χ0) is 15.0. The van der Waals surface area contributed by atoms with E-state index in [1.54, 1.807) is 25.3 Å². The molecule has 0 unspecified atom stereocenters. The minimum atomic E-state index is -4.29. The van der Waals surface area contributed by atoms with Crippen LogP contribution in [0.2, 0.25) is 0 Å². The van der Waals surface area contributed by atoms with Crippen molar-refractivity contribution in [2.24, 2.45) is 5.73 Å². The van der Waals surface area contributed by atoms with Crippen LogP contribution in [0.4, 0.5) is 13.2 Å².